The molecule has 4 rings (SSSR count). The molecule has 0 radical (unpaired) electrons. The number of sulfonamides is 1. The van der Waals surface area contributed by atoms with E-state index in [1.54, 1.807) is 13.8 Å². The Hall–Kier alpha value is -6.14. The van der Waals surface area contributed by atoms with Crippen molar-refractivity contribution in [3.63, 3.8) is 0 Å². The third kappa shape index (κ3) is 11.7. The van der Waals surface area contributed by atoms with Gasteiger partial charge < -0.3 is 19.7 Å². The van der Waals surface area contributed by atoms with Gasteiger partial charge in [-0.1, -0.05) is 12.1 Å². The fourth-order valence-corrected chi connectivity index (χ4v) is 8.34. The molecule has 0 saturated heterocycles. The molecule has 20 nitrogen and oxygen atoms in total. The molecule has 0 amide bonds. The van der Waals surface area contributed by atoms with Gasteiger partial charge in [0.05, 0.1) is 40.7 Å². The summed E-state index contributed by atoms with van der Waals surface area (Å²) in [4.78, 5) is 29.6. The van der Waals surface area contributed by atoms with Gasteiger partial charge in [-0.2, -0.15) is 15.5 Å². The minimum atomic E-state index is -4.41. The summed E-state index contributed by atoms with van der Waals surface area (Å²) in [7, 11) is -4.41. The maximum absolute atomic E-state index is 14.3. The van der Waals surface area contributed by atoms with E-state index in [9.17, 15) is 42.2 Å². The average Bonchev–Trinajstić information content (AvgIpc) is 3.23. The van der Waals surface area contributed by atoms with Crippen molar-refractivity contribution < 1.29 is 36.9 Å². The molecule has 22 heteroatoms. The molecule has 2 aromatic heterocycles. The third-order valence-electron chi connectivity index (χ3n) is 9.67. The standard InChI is InChI=1S/C42H52N10O10S2/c1-10-50-39(53)33(24-43)27(7)37(41(50)55)48-46-29-14-16-31(34(22-29)52(63(57)58)19-13-21-62-26(5)6)32-17-15-30(23-35(32)64(59,60)45-18-12-20-61-25(3)4)47-49-38-28(8)36(44-9)40(54)51(11-2)42(38)56/h14-17,22-23,25-26,45,53-54H,10-13,18-21H2,1-8H3,(H,57,58). The summed E-state index contributed by atoms with van der Waals surface area (Å²) in [5, 5.41) is 47.4. The van der Waals surface area contributed by atoms with Crippen LogP contribution in [0.5, 0.6) is 11.8 Å². The first kappa shape index (κ1) is 50.5. The number of hydrogen-bond acceptors (Lipinski definition) is 14. The monoisotopic (exact) mass is 920 g/mol. The number of pyridine rings is 2. The van der Waals surface area contributed by atoms with Gasteiger partial charge in [0.25, 0.3) is 22.4 Å². The molecule has 2 aromatic carbocycles. The Morgan fingerprint density at radius 1 is 0.859 bits per heavy atom. The molecule has 4 N–H and O–H groups in total. The van der Waals surface area contributed by atoms with E-state index in [-0.39, 0.29) is 125 Å². The van der Waals surface area contributed by atoms with Crippen LogP contribution in [0.25, 0.3) is 16.0 Å². The number of nitriles is 1. The van der Waals surface area contributed by atoms with Crippen molar-refractivity contribution in [2.24, 2.45) is 20.5 Å². The second-order valence-electron chi connectivity index (χ2n) is 14.7. The van der Waals surface area contributed by atoms with Crippen molar-refractivity contribution in [1.82, 2.24) is 13.9 Å². The van der Waals surface area contributed by atoms with Gasteiger partial charge in [0.1, 0.15) is 17.3 Å². The van der Waals surface area contributed by atoms with E-state index < -0.39 is 44.2 Å². The highest BCUT2D eigenvalue weighted by Gasteiger charge is 2.26. The van der Waals surface area contributed by atoms with E-state index in [4.69, 9.17) is 16.0 Å². The van der Waals surface area contributed by atoms with Gasteiger partial charge in [-0.3, -0.25) is 27.6 Å². The zero-order valence-electron chi connectivity index (χ0n) is 36.8. The van der Waals surface area contributed by atoms with Crippen LogP contribution < -0.4 is 20.1 Å². The van der Waals surface area contributed by atoms with Crippen molar-refractivity contribution >= 4 is 55.4 Å². The second-order valence-corrected chi connectivity index (χ2v) is 17.3. The summed E-state index contributed by atoms with van der Waals surface area (Å²) in [6.45, 7) is 21.5. The number of ether oxygens (including phenoxy) is 2. The first-order valence-corrected chi connectivity index (χ1v) is 22.8. The Morgan fingerprint density at radius 3 is 1.92 bits per heavy atom. The molecule has 0 aliphatic carbocycles. The Kier molecular flexibility index (Phi) is 17.7. The lowest BCUT2D eigenvalue weighted by molar-refractivity contribution is 0.0777. The van der Waals surface area contributed by atoms with Crippen LogP contribution in [0.4, 0.5) is 34.1 Å². The van der Waals surface area contributed by atoms with Crippen LogP contribution in [0, 0.1) is 31.8 Å². The predicted octanol–water partition coefficient (Wildman–Crippen LogP) is 7.85. The van der Waals surface area contributed by atoms with Crippen LogP contribution in [0.1, 0.15) is 71.1 Å². The molecular formula is C42H52N10O10S2. The van der Waals surface area contributed by atoms with Gasteiger partial charge in [-0.15, -0.1) is 10.2 Å². The lowest BCUT2D eigenvalue weighted by atomic mass is 10.0. The molecule has 0 fully saturated rings. The van der Waals surface area contributed by atoms with E-state index in [1.807, 2.05) is 33.8 Å². The molecule has 4 aromatic rings. The normalized spacial score (nSPS) is 12.4. The Labute approximate surface area is 373 Å². The van der Waals surface area contributed by atoms with Crippen molar-refractivity contribution in [3.8, 4) is 29.0 Å². The van der Waals surface area contributed by atoms with E-state index in [0.717, 1.165) is 13.4 Å². The highest BCUT2D eigenvalue weighted by atomic mass is 32.2. The molecule has 0 aliphatic heterocycles. The van der Waals surface area contributed by atoms with Gasteiger partial charge in [0.2, 0.25) is 21.6 Å². The highest BCUT2D eigenvalue weighted by Crippen LogP contribution is 2.41. The van der Waals surface area contributed by atoms with Crippen LogP contribution in [0.15, 0.2) is 71.3 Å². The number of anilines is 1. The first-order valence-electron chi connectivity index (χ1n) is 20.3. The summed E-state index contributed by atoms with van der Waals surface area (Å²) in [6.07, 6.45) is 0.386. The number of nitrogens with zero attached hydrogens (tertiary/aromatic N) is 9. The zero-order chi connectivity index (χ0) is 47.5. The zero-order valence-corrected chi connectivity index (χ0v) is 38.4. The summed E-state index contributed by atoms with van der Waals surface area (Å²) in [5.74, 6) is -1.03. The number of nitrogens with one attached hydrogen (secondary N) is 1. The predicted molar refractivity (Wildman–Crippen MR) is 241 cm³/mol. The van der Waals surface area contributed by atoms with Gasteiger partial charge in [0, 0.05) is 56.1 Å². The molecule has 0 aliphatic rings. The van der Waals surface area contributed by atoms with E-state index in [1.165, 1.54) is 50.2 Å². The number of rotatable bonds is 21. The van der Waals surface area contributed by atoms with E-state index in [2.05, 4.69) is 30.0 Å². The summed E-state index contributed by atoms with van der Waals surface area (Å²) >= 11 is -2.69. The fourth-order valence-electron chi connectivity index (χ4n) is 6.42. The second kappa shape index (κ2) is 22.5. The van der Waals surface area contributed by atoms with E-state index >= 15 is 0 Å². The molecule has 0 bridgehead atoms. The van der Waals surface area contributed by atoms with Crippen LogP contribution in [0.2, 0.25) is 0 Å². The van der Waals surface area contributed by atoms with Crippen molar-refractivity contribution in [3.05, 3.63) is 85.2 Å². The molecule has 64 heavy (non-hydrogen) atoms. The number of aromatic hydroxyl groups is 2. The van der Waals surface area contributed by atoms with Crippen LogP contribution in [0.3, 0.4) is 0 Å². The van der Waals surface area contributed by atoms with Crippen molar-refractivity contribution in [2.75, 3.05) is 30.6 Å². The average molecular weight is 921 g/mol. The van der Waals surface area contributed by atoms with Crippen molar-refractivity contribution in [2.45, 2.75) is 98.4 Å². The molecule has 342 valence electrons. The van der Waals surface area contributed by atoms with Gasteiger partial charge in [0.15, 0.2) is 11.6 Å². The SMILES string of the molecule is [C-]#[N+]c1c(C)c(N=Nc2ccc(-c3ccc(N=Nc4c(C)c(C#N)c(O)n(CC)c4=O)cc3N(CCCOC(C)C)S(=O)O)c(S(=O)(=O)NCCCOC(C)C)c2)c(=O)n(CC)c1O. The summed E-state index contributed by atoms with van der Waals surface area (Å²) < 4.78 is 69.3. The molecular weight excluding hydrogens is 869 g/mol. The van der Waals surface area contributed by atoms with Crippen LogP contribution >= 0.6 is 0 Å². The first-order chi connectivity index (χ1) is 30.3. The molecule has 0 spiro atoms. The minimum Gasteiger partial charge on any atom is -0.503 e. The van der Waals surface area contributed by atoms with Crippen LogP contribution in [-0.2, 0) is 43.9 Å². The number of hydrogen-bond donors (Lipinski definition) is 4. The van der Waals surface area contributed by atoms with E-state index in [0.29, 0.717) is 6.42 Å². The smallest absolute Gasteiger partial charge is 0.281 e. The molecule has 1 unspecified atom stereocenters. The van der Waals surface area contributed by atoms with Crippen molar-refractivity contribution in [1.29, 1.82) is 5.26 Å². The quantitative estimate of drug-likeness (QED) is 0.0270. The Balaban J connectivity index is 1.98. The van der Waals surface area contributed by atoms with Gasteiger partial charge in [-0.25, -0.2) is 22.2 Å². The maximum Gasteiger partial charge on any atom is 0.281 e. The van der Waals surface area contributed by atoms with Gasteiger partial charge >= 0.3 is 0 Å². The topological polar surface area (TPSA) is 267 Å². The lowest BCUT2D eigenvalue weighted by Crippen LogP contribution is -2.28. The highest BCUT2D eigenvalue weighted by molar-refractivity contribution is 7.89. The Morgan fingerprint density at radius 2 is 1.39 bits per heavy atom. The third-order valence-corrected chi connectivity index (χ3v) is 11.9. The number of azo groups is 2. The number of aromatic nitrogens is 2. The molecule has 2 heterocycles. The van der Waals surface area contributed by atoms with Gasteiger partial charge in [-0.05, 0) is 98.1 Å². The lowest BCUT2D eigenvalue weighted by Gasteiger charge is -2.24. The minimum absolute atomic E-state index is 0.0225. The summed E-state index contributed by atoms with van der Waals surface area (Å²) in [5.41, 5.74) is -1.81. The number of benzene rings is 2. The maximum atomic E-state index is 14.3. The summed E-state index contributed by atoms with van der Waals surface area (Å²) in [6, 6.07) is 10.2. The molecule has 1 atom stereocenters. The van der Waals surface area contributed by atoms with Crippen LogP contribution in [-0.4, -0.2) is 75.0 Å². The Bertz CT molecular complexity index is 2770. The fraction of sp³-hybridized carbons (Fsp3) is 0.429. The molecule has 0 saturated carbocycles. The largest absolute Gasteiger partial charge is 0.503 e.